The van der Waals surface area contributed by atoms with E-state index in [9.17, 15) is 19.8 Å². The number of H-pyrrole nitrogens is 1. The number of nitrogens with one attached hydrogen (secondary N) is 2. The van der Waals surface area contributed by atoms with Gasteiger partial charge in [-0.25, -0.2) is 9.59 Å². The fourth-order valence-electron chi connectivity index (χ4n) is 2.94. The number of aromatic amines is 1. The predicted octanol–water partition coefficient (Wildman–Crippen LogP) is 0.471. The molecule has 3 aromatic rings. The third kappa shape index (κ3) is 4.22. The van der Waals surface area contributed by atoms with E-state index in [1.54, 1.807) is 42.5 Å². The Morgan fingerprint density at radius 3 is 2.68 bits per heavy atom. The van der Waals surface area contributed by atoms with Gasteiger partial charge in [-0.15, -0.1) is 0 Å². The Morgan fingerprint density at radius 1 is 1.25 bits per heavy atom. The van der Waals surface area contributed by atoms with Crippen LogP contribution in [0.4, 0.5) is 4.79 Å². The van der Waals surface area contributed by atoms with Gasteiger partial charge in [0.05, 0.1) is 23.7 Å². The molecule has 0 saturated heterocycles. The molecule has 1 heterocycles. The molecule has 0 aliphatic carbocycles. The number of imidazole rings is 1. The fraction of sp³-hybridized carbons (Fsp3) is 0.263. The smallest absolute Gasteiger partial charge is 0.410 e. The van der Waals surface area contributed by atoms with Gasteiger partial charge in [0.1, 0.15) is 11.9 Å². The van der Waals surface area contributed by atoms with Crippen molar-refractivity contribution in [2.75, 3.05) is 13.2 Å². The molecule has 2 aromatic carbocycles. The van der Waals surface area contributed by atoms with Crippen LogP contribution in [0.1, 0.15) is 11.7 Å². The first-order chi connectivity index (χ1) is 13.5. The number of ether oxygens (including phenoxy) is 1. The molecular weight excluding hydrogens is 364 g/mol. The lowest BCUT2D eigenvalue weighted by molar-refractivity contribution is 0.0881. The number of aromatic nitrogens is 2. The number of hydrogen-bond donors (Lipinski definition) is 5. The van der Waals surface area contributed by atoms with Gasteiger partial charge in [0.2, 0.25) is 0 Å². The molecule has 6 N–H and O–H groups in total. The van der Waals surface area contributed by atoms with Crippen molar-refractivity contribution in [1.29, 1.82) is 0 Å². The minimum atomic E-state index is -1.10. The minimum Gasteiger partial charge on any atom is -0.410 e. The van der Waals surface area contributed by atoms with Crippen molar-refractivity contribution in [3.05, 3.63) is 64.6 Å². The van der Waals surface area contributed by atoms with Crippen LogP contribution < -0.4 is 21.5 Å². The summed E-state index contributed by atoms with van der Waals surface area (Å²) < 4.78 is 6.70. The van der Waals surface area contributed by atoms with Gasteiger partial charge >= 0.3 is 11.8 Å². The summed E-state index contributed by atoms with van der Waals surface area (Å²) in [4.78, 5) is 26.8. The average Bonchev–Trinajstić information content (AvgIpc) is 3.01. The maximum atomic E-state index is 12.2. The summed E-state index contributed by atoms with van der Waals surface area (Å²) >= 11 is 0. The molecule has 0 aliphatic heterocycles. The van der Waals surface area contributed by atoms with Crippen LogP contribution >= 0.6 is 0 Å². The summed E-state index contributed by atoms with van der Waals surface area (Å²) in [7, 11) is 0. The van der Waals surface area contributed by atoms with E-state index in [2.05, 4.69) is 10.3 Å². The molecule has 9 heteroatoms. The van der Waals surface area contributed by atoms with E-state index >= 15 is 0 Å². The van der Waals surface area contributed by atoms with Crippen LogP contribution in [0, 0.1) is 0 Å². The van der Waals surface area contributed by atoms with E-state index in [4.69, 9.17) is 10.5 Å². The standard InChI is InChI=1S/C19H22N4O5/c20-8-9-23-16-10-13(6-7-14(16)21-18(23)26)28-19(27)22-15(11-24)17(25)12-4-2-1-3-5-12/h1-7,10,15,17,24-25H,8-9,11,20H2,(H,21,26)(H,22,27). The van der Waals surface area contributed by atoms with Crippen LogP contribution in [0.25, 0.3) is 11.0 Å². The van der Waals surface area contributed by atoms with Gasteiger partial charge in [-0.3, -0.25) is 4.57 Å². The van der Waals surface area contributed by atoms with Crippen LogP contribution in [0.2, 0.25) is 0 Å². The number of aliphatic hydroxyl groups excluding tert-OH is 2. The Labute approximate surface area is 160 Å². The van der Waals surface area contributed by atoms with E-state index < -0.39 is 24.8 Å². The second-order valence-corrected chi connectivity index (χ2v) is 6.23. The van der Waals surface area contributed by atoms with Crippen LogP contribution in [-0.2, 0) is 6.54 Å². The number of carbonyl (C=O) groups is 1. The summed E-state index contributed by atoms with van der Waals surface area (Å²) in [6, 6.07) is 12.4. The third-order valence-electron chi connectivity index (χ3n) is 4.33. The number of aliphatic hydroxyl groups is 2. The highest BCUT2D eigenvalue weighted by Crippen LogP contribution is 2.20. The first-order valence-electron chi connectivity index (χ1n) is 8.78. The van der Waals surface area contributed by atoms with Gasteiger partial charge in [0.15, 0.2) is 0 Å². The lowest BCUT2D eigenvalue weighted by atomic mass is 10.0. The second-order valence-electron chi connectivity index (χ2n) is 6.23. The summed E-state index contributed by atoms with van der Waals surface area (Å²) in [5.74, 6) is 0.209. The zero-order chi connectivity index (χ0) is 20.1. The first-order valence-corrected chi connectivity index (χ1v) is 8.78. The van der Waals surface area contributed by atoms with E-state index in [0.717, 1.165) is 0 Å². The number of hydrogen-bond acceptors (Lipinski definition) is 6. The Hall–Kier alpha value is -3.14. The molecule has 0 bridgehead atoms. The van der Waals surface area contributed by atoms with E-state index in [1.807, 2.05) is 0 Å². The molecule has 0 radical (unpaired) electrons. The highest BCUT2D eigenvalue weighted by Gasteiger charge is 2.23. The fourth-order valence-corrected chi connectivity index (χ4v) is 2.94. The maximum Gasteiger partial charge on any atom is 0.413 e. The molecule has 148 valence electrons. The van der Waals surface area contributed by atoms with E-state index in [0.29, 0.717) is 23.1 Å². The highest BCUT2D eigenvalue weighted by atomic mass is 16.6. The Kier molecular flexibility index (Phi) is 6.09. The van der Waals surface area contributed by atoms with Gasteiger partial charge < -0.3 is 31.0 Å². The molecule has 0 fully saturated rings. The Morgan fingerprint density at radius 2 is 2.00 bits per heavy atom. The maximum absolute atomic E-state index is 12.2. The van der Waals surface area contributed by atoms with Crippen molar-refractivity contribution < 1.29 is 19.7 Å². The normalized spacial score (nSPS) is 13.2. The van der Waals surface area contributed by atoms with Crippen LogP contribution in [0.5, 0.6) is 5.75 Å². The van der Waals surface area contributed by atoms with E-state index in [-0.39, 0.29) is 18.0 Å². The summed E-state index contributed by atoms with van der Waals surface area (Å²) in [6.45, 7) is 0.135. The molecule has 2 atom stereocenters. The van der Waals surface area contributed by atoms with Gasteiger partial charge in [0, 0.05) is 19.2 Å². The number of fused-ring (bicyclic) bond motifs is 1. The monoisotopic (exact) mass is 386 g/mol. The van der Waals surface area contributed by atoms with Crippen LogP contribution in [-0.4, -0.2) is 45.1 Å². The predicted molar refractivity (Wildman–Crippen MR) is 103 cm³/mol. The number of amides is 1. The van der Waals surface area contributed by atoms with E-state index in [1.165, 1.54) is 10.6 Å². The van der Waals surface area contributed by atoms with Crippen molar-refractivity contribution in [3.8, 4) is 5.75 Å². The molecule has 2 unspecified atom stereocenters. The molecule has 3 rings (SSSR count). The Balaban J connectivity index is 1.73. The number of benzene rings is 2. The topological polar surface area (TPSA) is 143 Å². The molecule has 0 spiro atoms. The quantitative estimate of drug-likeness (QED) is 0.399. The first kappa shape index (κ1) is 19.6. The Bertz CT molecular complexity index is 998. The lowest BCUT2D eigenvalue weighted by Gasteiger charge is -2.22. The number of rotatable bonds is 7. The number of nitrogens with zero attached hydrogens (tertiary/aromatic N) is 1. The van der Waals surface area contributed by atoms with Gasteiger partial charge in [-0.2, -0.15) is 0 Å². The molecule has 1 amide bonds. The third-order valence-corrected chi connectivity index (χ3v) is 4.33. The molecule has 0 saturated carbocycles. The molecule has 28 heavy (non-hydrogen) atoms. The van der Waals surface area contributed by atoms with Crippen LogP contribution in [0.3, 0.4) is 0 Å². The minimum absolute atomic E-state index is 0.209. The zero-order valence-corrected chi connectivity index (χ0v) is 15.0. The SMILES string of the molecule is NCCn1c(=O)[nH]c2ccc(OC(=O)NC(CO)C(O)c3ccccc3)cc21. The summed E-state index contributed by atoms with van der Waals surface area (Å²) in [5, 5.41) is 22.3. The summed E-state index contributed by atoms with van der Waals surface area (Å²) in [5.41, 5.74) is 6.94. The number of carbonyl (C=O) groups excluding carboxylic acids is 1. The molecule has 1 aromatic heterocycles. The van der Waals surface area contributed by atoms with Gasteiger partial charge in [-0.1, -0.05) is 30.3 Å². The molecular formula is C19H22N4O5. The summed E-state index contributed by atoms with van der Waals surface area (Å²) in [6.07, 6.45) is -1.93. The zero-order valence-electron chi connectivity index (χ0n) is 15.0. The largest absolute Gasteiger partial charge is 0.413 e. The molecule has 0 aliphatic rings. The average molecular weight is 386 g/mol. The molecule has 9 nitrogen and oxygen atoms in total. The van der Waals surface area contributed by atoms with Gasteiger partial charge in [0.25, 0.3) is 0 Å². The second kappa shape index (κ2) is 8.70. The highest BCUT2D eigenvalue weighted by molar-refractivity contribution is 5.79. The van der Waals surface area contributed by atoms with Gasteiger partial charge in [-0.05, 0) is 17.7 Å². The van der Waals surface area contributed by atoms with Crippen LogP contribution in [0.15, 0.2) is 53.3 Å². The van der Waals surface area contributed by atoms with Crippen molar-refractivity contribution >= 4 is 17.1 Å². The number of nitrogens with two attached hydrogens (primary N) is 1. The van der Waals surface area contributed by atoms with Crippen molar-refractivity contribution in [2.45, 2.75) is 18.7 Å². The lowest BCUT2D eigenvalue weighted by Crippen LogP contribution is -2.43. The van der Waals surface area contributed by atoms with Crippen molar-refractivity contribution in [2.24, 2.45) is 5.73 Å². The van der Waals surface area contributed by atoms with Crippen molar-refractivity contribution in [3.63, 3.8) is 0 Å². The van der Waals surface area contributed by atoms with Crippen molar-refractivity contribution in [1.82, 2.24) is 14.9 Å².